The molecule has 0 radical (unpaired) electrons. The quantitative estimate of drug-likeness (QED) is 0.588. The van der Waals surface area contributed by atoms with Gasteiger partial charge in [0.05, 0.1) is 0 Å². The third kappa shape index (κ3) is 3.24. The van der Waals surface area contributed by atoms with E-state index in [-0.39, 0.29) is 43.7 Å². The molecule has 2 aliphatic carbocycles. The maximum Gasteiger partial charge on any atom is -1.00 e. The van der Waals surface area contributed by atoms with Gasteiger partial charge in [0.25, 0.3) is 0 Å². The minimum Gasteiger partial charge on any atom is -1.00 e. The van der Waals surface area contributed by atoms with Gasteiger partial charge in [-0.1, -0.05) is 0 Å². The van der Waals surface area contributed by atoms with E-state index in [0.717, 1.165) is 22.3 Å². The Bertz CT molecular complexity index is 721. The number of fused-ring (bicyclic) bond motifs is 2. The van der Waals surface area contributed by atoms with E-state index in [1.165, 1.54) is 0 Å². The van der Waals surface area contributed by atoms with Gasteiger partial charge in [0.2, 0.25) is 0 Å². The van der Waals surface area contributed by atoms with Gasteiger partial charge < -0.3 is 24.8 Å². The molecule has 4 rings (SSSR count). The summed E-state index contributed by atoms with van der Waals surface area (Å²) in [5.41, 5.74) is 3.99. The van der Waals surface area contributed by atoms with Gasteiger partial charge in [0, 0.05) is 0 Å². The molecule has 23 heavy (non-hydrogen) atoms. The molecular weight excluding hydrogens is 416 g/mol. The Balaban J connectivity index is 0.000000960. The fourth-order valence-corrected chi connectivity index (χ4v) is 7.26. The molecule has 5 heteroatoms. The van der Waals surface area contributed by atoms with Crippen molar-refractivity contribution in [1.82, 2.24) is 0 Å². The number of halogens is 4. The SMILES string of the molecule is FC1=Cc2ccccc2[CH]1[Zr+2][CH]1C(F)=Cc2ccccc21.[Cl-].[Cl-]. The van der Waals surface area contributed by atoms with Gasteiger partial charge in [-0.25, -0.2) is 0 Å². The zero-order valence-corrected chi connectivity index (χ0v) is 15.9. The molecule has 0 nitrogen and oxygen atoms in total. The Kier molecular flexibility index (Phi) is 6.00. The van der Waals surface area contributed by atoms with E-state index in [1.807, 2.05) is 48.5 Å². The van der Waals surface area contributed by atoms with Gasteiger partial charge in [-0.15, -0.1) is 0 Å². The summed E-state index contributed by atoms with van der Waals surface area (Å²) in [7, 11) is 0. The predicted molar refractivity (Wildman–Crippen MR) is 76.5 cm³/mol. The van der Waals surface area contributed by atoms with Gasteiger partial charge >= 0.3 is 134 Å². The van der Waals surface area contributed by atoms with E-state index in [4.69, 9.17) is 0 Å². The molecule has 2 aromatic carbocycles. The molecule has 0 spiro atoms. The van der Waals surface area contributed by atoms with Crippen LogP contribution in [0.4, 0.5) is 8.78 Å². The van der Waals surface area contributed by atoms with Crippen molar-refractivity contribution in [2.24, 2.45) is 0 Å². The number of benzene rings is 2. The molecule has 2 unspecified atom stereocenters. The summed E-state index contributed by atoms with van der Waals surface area (Å²) >= 11 is -1.37. The molecule has 2 atom stereocenters. The Morgan fingerprint density at radius 2 is 1.04 bits per heavy atom. The Hall–Kier alpha value is -0.757. The molecule has 0 fully saturated rings. The van der Waals surface area contributed by atoms with Crippen molar-refractivity contribution in [2.45, 2.75) is 7.25 Å². The van der Waals surface area contributed by atoms with Crippen molar-refractivity contribution in [3.8, 4) is 0 Å². The second-order valence-electron chi connectivity index (χ2n) is 5.35. The first kappa shape index (κ1) is 18.6. The van der Waals surface area contributed by atoms with Gasteiger partial charge in [0.1, 0.15) is 0 Å². The molecule has 0 bridgehead atoms. The van der Waals surface area contributed by atoms with Crippen LogP contribution in [0.15, 0.2) is 60.2 Å². The molecule has 116 valence electrons. The molecule has 0 aromatic heterocycles. The molecule has 0 aliphatic heterocycles. The first-order valence-corrected chi connectivity index (χ1v) is 9.76. The number of rotatable bonds is 2. The van der Waals surface area contributed by atoms with E-state index in [9.17, 15) is 8.78 Å². The molecule has 0 amide bonds. The summed E-state index contributed by atoms with van der Waals surface area (Å²) in [6, 6.07) is 15.5. The van der Waals surface area contributed by atoms with Crippen LogP contribution < -0.4 is 24.8 Å². The average molecular weight is 428 g/mol. The second-order valence-corrected chi connectivity index (χ2v) is 9.01. The van der Waals surface area contributed by atoms with Crippen molar-refractivity contribution in [3.63, 3.8) is 0 Å². The summed E-state index contributed by atoms with van der Waals surface area (Å²) < 4.78 is 28.3. The molecular formula is C18H12Cl2F2Zr. The van der Waals surface area contributed by atoms with E-state index < -0.39 is 23.2 Å². The van der Waals surface area contributed by atoms with Crippen LogP contribution in [0.5, 0.6) is 0 Å². The first-order chi connectivity index (χ1) is 10.2. The van der Waals surface area contributed by atoms with Crippen LogP contribution in [0.25, 0.3) is 12.2 Å². The topological polar surface area (TPSA) is 0 Å². The average Bonchev–Trinajstić information content (AvgIpc) is 2.97. The zero-order valence-electron chi connectivity index (χ0n) is 11.9. The van der Waals surface area contributed by atoms with E-state index >= 15 is 0 Å². The fourth-order valence-electron chi connectivity index (χ4n) is 3.08. The molecule has 0 saturated carbocycles. The van der Waals surface area contributed by atoms with E-state index in [2.05, 4.69) is 0 Å². The van der Waals surface area contributed by atoms with Crippen molar-refractivity contribution >= 4 is 12.2 Å². The predicted octanol–water partition coefficient (Wildman–Crippen LogP) is -0.792. The van der Waals surface area contributed by atoms with Crippen molar-refractivity contribution in [3.05, 3.63) is 82.4 Å². The largest absolute Gasteiger partial charge is 1.00 e. The van der Waals surface area contributed by atoms with Crippen molar-refractivity contribution < 1.29 is 56.8 Å². The normalized spacial score (nSPS) is 20.3. The van der Waals surface area contributed by atoms with Gasteiger partial charge in [-0.3, -0.25) is 0 Å². The number of hydrogen-bond donors (Lipinski definition) is 0. The molecule has 0 saturated heterocycles. The third-order valence-electron chi connectivity index (χ3n) is 4.09. The first-order valence-electron chi connectivity index (χ1n) is 6.92. The third-order valence-corrected chi connectivity index (χ3v) is 8.61. The Morgan fingerprint density at radius 3 is 1.48 bits per heavy atom. The van der Waals surface area contributed by atoms with Crippen LogP contribution >= 0.6 is 0 Å². The minimum atomic E-state index is -1.37. The Labute approximate surface area is 158 Å². The van der Waals surface area contributed by atoms with Crippen molar-refractivity contribution in [2.75, 3.05) is 0 Å². The molecule has 0 heterocycles. The maximum atomic E-state index is 14.3. The van der Waals surface area contributed by atoms with Crippen LogP contribution in [0.3, 0.4) is 0 Å². The van der Waals surface area contributed by atoms with Crippen LogP contribution in [-0.4, -0.2) is 0 Å². The monoisotopic (exact) mass is 426 g/mol. The number of hydrogen-bond acceptors (Lipinski definition) is 0. The number of allylic oxidation sites excluding steroid dienone is 2. The zero-order chi connectivity index (χ0) is 14.4. The van der Waals surface area contributed by atoms with Crippen LogP contribution in [0.2, 0.25) is 0 Å². The fraction of sp³-hybridized carbons (Fsp3) is 0.111. The summed E-state index contributed by atoms with van der Waals surface area (Å²) in [5, 5.41) is 0. The van der Waals surface area contributed by atoms with Crippen molar-refractivity contribution in [1.29, 1.82) is 0 Å². The summed E-state index contributed by atoms with van der Waals surface area (Å²) in [6.45, 7) is 0. The molecule has 2 aliphatic rings. The molecule has 0 N–H and O–H groups in total. The summed E-state index contributed by atoms with van der Waals surface area (Å²) in [5.74, 6) is -0.167. The van der Waals surface area contributed by atoms with Gasteiger partial charge in [-0.2, -0.15) is 0 Å². The van der Waals surface area contributed by atoms with Gasteiger partial charge in [0.15, 0.2) is 0 Å². The van der Waals surface area contributed by atoms with Crippen LogP contribution in [-0.2, 0) is 23.2 Å². The van der Waals surface area contributed by atoms with Crippen LogP contribution in [0.1, 0.15) is 29.5 Å². The van der Waals surface area contributed by atoms with E-state index in [0.29, 0.717) is 0 Å². The standard InChI is InChI=1S/2C9H6F.2ClH.Zr/c2*10-9-5-7-3-1-2-4-8(7)6-9;;;/h2*1-6H;2*1H;/q;;;;+2/p-2. The smallest absolute Gasteiger partial charge is 1.00 e. The molecule has 2 aromatic rings. The van der Waals surface area contributed by atoms with Gasteiger partial charge in [-0.05, 0) is 0 Å². The Morgan fingerprint density at radius 1 is 0.652 bits per heavy atom. The summed E-state index contributed by atoms with van der Waals surface area (Å²) in [6.07, 6.45) is 3.23. The minimum absolute atomic E-state index is 0. The second kappa shape index (κ2) is 7.42. The van der Waals surface area contributed by atoms with Crippen LogP contribution in [0, 0.1) is 0 Å². The summed E-state index contributed by atoms with van der Waals surface area (Å²) in [4.78, 5) is 0. The maximum absolute atomic E-state index is 14.3. The van der Waals surface area contributed by atoms with E-state index in [1.54, 1.807) is 12.2 Å².